The standard InChI is InChI=1S/C20H25N3O2/c1-14-6-3-4-8-17(14)10-9-16-7-5-11-23(13-16)20(25)19-12-18(15(2)24)21-22-19/h3-4,6,8,12,16H,5,7,9-11,13H2,1-2H3,(H,21,22). The topological polar surface area (TPSA) is 66.1 Å². The molecule has 1 N–H and O–H groups in total. The van der Waals surface area contributed by atoms with Crippen molar-refractivity contribution >= 4 is 11.7 Å². The van der Waals surface area contributed by atoms with E-state index in [2.05, 4.69) is 41.4 Å². The van der Waals surface area contributed by atoms with E-state index in [-0.39, 0.29) is 11.7 Å². The Morgan fingerprint density at radius 2 is 2.12 bits per heavy atom. The summed E-state index contributed by atoms with van der Waals surface area (Å²) >= 11 is 0. The van der Waals surface area contributed by atoms with Crippen molar-refractivity contribution in [2.24, 2.45) is 5.92 Å². The van der Waals surface area contributed by atoms with Crippen LogP contribution < -0.4 is 0 Å². The molecule has 3 rings (SSSR count). The first kappa shape index (κ1) is 17.4. The molecule has 0 radical (unpaired) electrons. The minimum Gasteiger partial charge on any atom is -0.337 e. The van der Waals surface area contributed by atoms with Crippen molar-refractivity contribution in [1.29, 1.82) is 0 Å². The number of amides is 1. The summed E-state index contributed by atoms with van der Waals surface area (Å²) in [7, 11) is 0. The molecule has 1 fully saturated rings. The number of rotatable bonds is 5. The fourth-order valence-electron chi connectivity index (χ4n) is 3.52. The first-order valence-corrected chi connectivity index (χ1v) is 8.94. The highest BCUT2D eigenvalue weighted by Gasteiger charge is 2.25. The highest BCUT2D eigenvalue weighted by atomic mass is 16.2. The number of H-pyrrole nitrogens is 1. The molecule has 25 heavy (non-hydrogen) atoms. The van der Waals surface area contributed by atoms with Crippen molar-refractivity contribution in [3.8, 4) is 0 Å². The van der Waals surface area contributed by atoms with E-state index in [4.69, 9.17) is 0 Å². The zero-order valence-corrected chi connectivity index (χ0v) is 14.9. The van der Waals surface area contributed by atoms with Gasteiger partial charge in [-0.15, -0.1) is 0 Å². The van der Waals surface area contributed by atoms with Gasteiger partial charge in [-0.2, -0.15) is 5.10 Å². The number of piperidine rings is 1. The summed E-state index contributed by atoms with van der Waals surface area (Å²) in [5.74, 6) is 0.332. The van der Waals surface area contributed by atoms with Crippen LogP contribution in [-0.2, 0) is 6.42 Å². The third kappa shape index (κ3) is 4.16. The largest absolute Gasteiger partial charge is 0.337 e. The molecule has 1 aliphatic rings. The predicted octanol–water partition coefficient (Wildman–Crippen LogP) is 3.41. The summed E-state index contributed by atoms with van der Waals surface area (Å²) in [6, 6.07) is 10.1. The highest BCUT2D eigenvalue weighted by molar-refractivity contribution is 5.97. The molecule has 1 aliphatic heterocycles. The summed E-state index contributed by atoms with van der Waals surface area (Å²) in [4.78, 5) is 25.9. The number of benzene rings is 1. The molecular formula is C20H25N3O2. The Hall–Kier alpha value is -2.43. The molecule has 1 aromatic carbocycles. The normalized spacial score (nSPS) is 17.5. The SMILES string of the molecule is CC(=O)c1cc(C(=O)N2CCCC(CCc3ccccc3C)C2)[nH]n1. The number of aryl methyl sites for hydroxylation is 2. The number of hydrogen-bond acceptors (Lipinski definition) is 3. The van der Waals surface area contributed by atoms with Crippen LogP contribution in [0.15, 0.2) is 30.3 Å². The molecule has 5 nitrogen and oxygen atoms in total. The zero-order valence-electron chi connectivity index (χ0n) is 14.9. The van der Waals surface area contributed by atoms with Gasteiger partial charge in [-0.25, -0.2) is 0 Å². The van der Waals surface area contributed by atoms with Gasteiger partial charge in [0, 0.05) is 20.0 Å². The molecule has 132 valence electrons. The molecule has 0 saturated carbocycles. The molecular weight excluding hydrogens is 314 g/mol. The quantitative estimate of drug-likeness (QED) is 0.849. The average Bonchev–Trinajstić information content (AvgIpc) is 3.11. The summed E-state index contributed by atoms with van der Waals surface area (Å²) in [5, 5.41) is 6.62. The summed E-state index contributed by atoms with van der Waals surface area (Å²) in [5.41, 5.74) is 3.45. The zero-order chi connectivity index (χ0) is 17.8. The van der Waals surface area contributed by atoms with Crippen molar-refractivity contribution in [3.63, 3.8) is 0 Å². The summed E-state index contributed by atoms with van der Waals surface area (Å²) in [6.45, 7) is 5.15. The van der Waals surface area contributed by atoms with Crippen LogP contribution in [0.4, 0.5) is 0 Å². The number of hydrogen-bond donors (Lipinski definition) is 1. The van der Waals surface area contributed by atoms with Crippen LogP contribution in [0.5, 0.6) is 0 Å². The number of Topliss-reactive ketones (excluding diaryl/α,β-unsaturated/α-hetero) is 1. The van der Waals surface area contributed by atoms with Crippen molar-refractivity contribution in [3.05, 3.63) is 52.8 Å². The van der Waals surface area contributed by atoms with Gasteiger partial charge in [-0.1, -0.05) is 24.3 Å². The third-order valence-electron chi connectivity index (χ3n) is 5.06. The monoisotopic (exact) mass is 339 g/mol. The highest BCUT2D eigenvalue weighted by Crippen LogP contribution is 2.23. The Kier molecular flexibility index (Phi) is 5.31. The number of aromatic nitrogens is 2. The van der Waals surface area contributed by atoms with E-state index >= 15 is 0 Å². The lowest BCUT2D eigenvalue weighted by Crippen LogP contribution is -2.40. The van der Waals surface area contributed by atoms with Crippen molar-refractivity contribution < 1.29 is 9.59 Å². The second kappa shape index (κ2) is 7.64. The lowest BCUT2D eigenvalue weighted by atomic mass is 9.90. The van der Waals surface area contributed by atoms with E-state index in [0.29, 0.717) is 17.3 Å². The maximum absolute atomic E-state index is 12.7. The fraction of sp³-hybridized carbons (Fsp3) is 0.450. The molecule has 0 bridgehead atoms. The number of likely N-dealkylation sites (tertiary alicyclic amines) is 1. The first-order chi connectivity index (χ1) is 12.0. The molecule has 0 spiro atoms. The van der Waals surface area contributed by atoms with E-state index in [1.54, 1.807) is 6.07 Å². The molecule has 1 unspecified atom stereocenters. The maximum atomic E-state index is 12.7. The van der Waals surface area contributed by atoms with Gasteiger partial charge < -0.3 is 4.90 Å². The van der Waals surface area contributed by atoms with Crippen molar-refractivity contribution in [1.82, 2.24) is 15.1 Å². The average molecular weight is 339 g/mol. The van der Waals surface area contributed by atoms with E-state index in [9.17, 15) is 9.59 Å². The Morgan fingerprint density at radius 1 is 1.32 bits per heavy atom. The van der Waals surface area contributed by atoms with Crippen LogP contribution in [0, 0.1) is 12.8 Å². The molecule has 0 aliphatic carbocycles. The van der Waals surface area contributed by atoms with Gasteiger partial charge in [0.15, 0.2) is 5.78 Å². The minimum atomic E-state index is -0.134. The fourth-order valence-corrected chi connectivity index (χ4v) is 3.52. The van der Waals surface area contributed by atoms with Gasteiger partial charge in [-0.05, 0) is 55.7 Å². The predicted molar refractivity (Wildman–Crippen MR) is 96.7 cm³/mol. The first-order valence-electron chi connectivity index (χ1n) is 8.94. The van der Waals surface area contributed by atoms with Gasteiger partial charge in [0.2, 0.25) is 0 Å². The Morgan fingerprint density at radius 3 is 2.84 bits per heavy atom. The Bertz CT molecular complexity index is 766. The van der Waals surface area contributed by atoms with Crippen molar-refractivity contribution in [2.75, 3.05) is 13.1 Å². The van der Waals surface area contributed by atoms with E-state index in [1.807, 2.05) is 4.90 Å². The molecule has 5 heteroatoms. The second-order valence-electron chi connectivity index (χ2n) is 6.95. The number of carbonyl (C=O) groups is 2. The minimum absolute atomic E-state index is 0.0550. The maximum Gasteiger partial charge on any atom is 0.271 e. The van der Waals surface area contributed by atoms with Gasteiger partial charge in [0.25, 0.3) is 5.91 Å². The van der Waals surface area contributed by atoms with Gasteiger partial charge in [-0.3, -0.25) is 14.7 Å². The summed E-state index contributed by atoms with van der Waals surface area (Å²) in [6.07, 6.45) is 4.34. The molecule has 1 saturated heterocycles. The molecule has 1 atom stereocenters. The van der Waals surface area contributed by atoms with Gasteiger partial charge >= 0.3 is 0 Å². The Labute approximate surface area is 148 Å². The molecule has 1 aromatic heterocycles. The lowest BCUT2D eigenvalue weighted by Gasteiger charge is -2.32. The van der Waals surface area contributed by atoms with Crippen LogP contribution in [0.3, 0.4) is 0 Å². The van der Waals surface area contributed by atoms with Crippen LogP contribution in [0.25, 0.3) is 0 Å². The van der Waals surface area contributed by atoms with Crippen LogP contribution in [0.2, 0.25) is 0 Å². The number of nitrogens with one attached hydrogen (secondary N) is 1. The second-order valence-corrected chi connectivity index (χ2v) is 6.95. The van der Waals surface area contributed by atoms with E-state index in [0.717, 1.165) is 38.8 Å². The van der Waals surface area contributed by atoms with Crippen LogP contribution in [-0.4, -0.2) is 39.9 Å². The van der Waals surface area contributed by atoms with E-state index < -0.39 is 0 Å². The van der Waals surface area contributed by atoms with E-state index in [1.165, 1.54) is 18.1 Å². The van der Waals surface area contributed by atoms with Crippen molar-refractivity contribution in [2.45, 2.75) is 39.5 Å². The smallest absolute Gasteiger partial charge is 0.271 e. The molecule has 1 amide bonds. The number of carbonyl (C=O) groups excluding carboxylic acids is 2. The number of aromatic amines is 1. The summed E-state index contributed by atoms with van der Waals surface area (Å²) < 4.78 is 0. The van der Waals surface area contributed by atoms with Crippen LogP contribution in [0.1, 0.15) is 58.3 Å². The third-order valence-corrected chi connectivity index (χ3v) is 5.06. The number of nitrogens with zero attached hydrogens (tertiary/aromatic N) is 2. The molecule has 2 aromatic rings. The van der Waals surface area contributed by atoms with Gasteiger partial charge in [0.1, 0.15) is 11.4 Å². The lowest BCUT2D eigenvalue weighted by molar-refractivity contribution is 0.0662. The number of ketones is 1. The Balaban J connectivity index is 1.59. The van der Waals surface area contributed by atoms with Crippen LogP contribution >= 0.6 is 0 Å². The molecule has 2 heterocycles. The van der Waals surface area contributed by atoms with Gasteiger partial charge in [0.05, 0.1) is 0 Å².